The van der Waals surface area contributed by atoms with E-state index in [1.807, 2.05) is 30.9 Å². The second-order valence-corrected chi connectivity index (χ2v) is 7.48. The number of benzene rings is 1. The van der Waals surface area contributed by atoms with Crippen LogP contribution in [-0.4, -0.2) is 66.5 Å². The summed E-state index contributed by atoms with van der Waals surface area (Å²) in [6, 6.07) is 5.65. The summed E-state index contributed by atoms with van der Waals surface area (Å²) in [4.78, 5) is 28.7. The summed E-state index contributed by atoms with van der Waals surface area (Å²) in [5.74, 6) is 0.805. The van der Waals surface area contributed by atoms with Crippen molar-refractivity contribution in [3.63, 3.8) is 0 Å². The Morgan fingerprint density at radius 3 is 2.73 bits per heavy atom. The van der Waals surface area contributed by atoms with Gasteiger partial charge < -0.3 is 15.0 Å². The molecule has 1 saturated heterocycles. The van der Waals surface area contributed by atoms with Gasteiger partial charge in [-0.3, -0.25) is 14.5 Å². The van der Waals surface area contributed by atoms with Crippen LogP contribution in [0, 0.1) is 0 Å². The van der Waals surface area contributed by atoms with Gasteiger partial charge in [0.25, 0.3) is 5.91 Å². The molecule has 3 rings (SSSR count). The van der Waals surface area contributed by atoms with Crippen LogP contribution in [0.2, 0.25) is 5.02 Å². The van der Waals surface area contributed by atoms with Gasteiger partial charge in [-0.25, -0.2) is 0 Å². The highest BCUT2D eigenvalue weighted by molar-refractivity contribution is 6.30. The quantitative estimate of drug-likeness (QED) is 0.846. The highest BCUT2D eigenvalue weighted by Crippen LogP contribution is 2.31. The first kappa shape index (κ1) is 19.0. The topological polar surface area (TPSA) is 61.9 Å². The predicted octanol–water partition coefficient (Wildman–Crippen LogP) is 1.70. The summed E-state index contributed by atoms with van der Waals surface area (Å²) < 4.78 is 5.80. The molecule has 0 radical (unpaired) electrons. The van der Waals surface area contributed by atoms with Gasteiger partial charge in [0, 0.05) is 43.7 Å². The van der Waals surface area contributed by atoms with Crippen LogP contribution in [0.1, 0.15) is 25.8 Å². The molecule has 142 valence electrons. The molecule has 1 N–H and O–H groups in total. The zero-order valence-electron chi connectivity index (χ0n) is 15.3. The Morgan fingerprint density at radius 1 is 1.31 bits per heavy atom. The van der Waals surface area contributed by atoms with Crippen LogP contribution in [0.4, 0.5) is 0 Å². The summed E-state index contributed by atoms with van der Waals surface area (Å²) in [5, 5.41) is 3.64. The number of hydrogen-bond acceptors (Lipinski definition) is 4. The zero-order valence-corrected chi connectivity index (χ0v) is 16.1. The maximum atomic E-state index is 12.7. The van der Waals surface area contributed by atoms with Crippen molar-refractivity contribution in [2.45, 2.75) is 38.8 Å². The molecule has 0 aromatic heterocycles. The van der Waals surface area contributed by atoms with E-state index in [1.165, 1.54) is 0 Å². The number of rotatable bonds is 5. The van der Waals surface area contributed by atoms with Crippen LogP contribution < -0.4 is 10.1 Å². The minimum atomic E-state index is -0.469. The normalized spacial score (nSPS) is 21.0. The maximum Gasteiger partial charge on any atom is 0.264 e. The van der Waals surface area contributed by atoms with Crippen LogP contribution >= 0.6 is 11.6 Å². The molecule has 1 aromatic rings. The molecule has 2 atom stereocenters. The third-order valence-corrected chi connectivity index (χ3v) is 5.28. The van der Waals surface area contributed by atoms with Crippen LogP contribution in [0.25, 0.3) is 0 Å². The van der Waals surface area contributed by atoms with E-state index in [2.05, 4.69) is 10.2 Å². The fourth-order valence-corrected chi connectivity index (χ4v) is 3.51. The molecule has 26 heavy (non-hydrogen) atoms. The molecule has 2 aliphatic heterocycles. The lowest BCUT2D eigenvalue weighted by molar-refractivity contribution is -0.139. The first-order valence-electron chi connectivity index (χ1n) is 9.22. The lowest BCUT2D eigenvalue weighted by Crippen LogP contribution is -2.54. The highest BCUT2D eigenvalue weighted by Gasteiger charge is 2.34. The number of carbonyl (C=O) groups excluding carboxylic acids is 2. The number of carbonyl (C=O) groups is 2. The predicted molar refractivity (Wildman–Crippen MR) is 100 cm³/mol. The van der Waals surface area contributed by atoms with Crippen molar-refractivity contribution >= 4 is 23.4 Å². The van der Waals surface area contributed by atoms with Crippen LogP contribution in [-0.2, 0) is 16.0 Å². The van der Waals surface area contributed by atoms with Crippen molar-refractivity contribution in [3.8, 4) is 5.75 Å². The van der Waals surface area contributed by atoms with E-state index in [9.17, 15) is 9.59 Å². The van der Waals surface area contributed by atoms with Crippen LogP contribution in [0.15, 0.2) is 18.2 Å². The summed E-state index contributed by atoms with van der Waals surface area (Å²) in [6.07, 6.45) is 1.01. The van der Waals surface area contributed by atoms with Gasteiger partial charge in [-0.15, -0.1) is 0 Å². The monoisotopic (exact) mass is 379 g/mol. The SMILES string of the molecule is CCC(C)NC(=O)CN1CCN(C(=O)C2Cc3cc(Cl)ccc3O2)CC1. The lowest BCUT2D eigenvalue weighted by atomic mass is 10.1. The molecule has 2 unspecified atom stereocenters. The molecule has 0 aliphatic carbocycles. The van der Waals surface area contributed by atoms with Gasteiger partial charge in [0.1, 0.15) is 5.75 Å². The number of amides is 2. The van der Waals surface area contributed by atoms with E-state index >= 15 is 0 Å². The molecular weight excluding hydrogens is 354 g/mol. The van der Waals surface area contributed by atoms with E-state index in [-0.39, 0.29) is 17.9 Å². The highest BCUT2D eigenvalue weighted by atomic mass is 35.5. The van der Waals surface area contributed by atoms with E-state index in [0.717, 1.165) is 17.7 Å². The molecule has 6 nitrogen and oxygen atoms in total. The van der Waals surface area contributed by atoms with E-state index in [4.69, 9.17) is 16.3 Å². The zero-order chi connectivity index (χ0) is 18.7. The number of ether oxygens (including phenoxy) is 1. The number of halogens is 1. The second kappa shape index (κ2) is 8.27. The molecule has 0 saturated carbocycles. The summed E-state index contributed by atoms with van der Waals surface area (Å²) in [7, 11) is 0. The average Bonchev–Trinajstić information content (AvgIpc) is 3.04. The van der Waals surface area contributed by atoms with Gasteiger partial charge in [-0.1, -0.05) is 18.5 Å². The number of nitrogens with zero attached hydrogens (tertiary/aromatic N) is 2. The maximum absolute atomic E-state index is 12.7. The molecular formula is C19H26ClN3O3. The van der Waals surface area contributed by atoms with Crippen LogP contribution in [0.3, 0.4) is 0 Å². The van der Waals surface area contributed by atoms with Crippen LogP contribution in [0.5, 0.6) is 5.75 Å². The minimum Gasteiger partial charge on any atom is -0.480 e. The van der Waals surface area contributed by atoms with Crippen molar-refractivity contribution in [1.29, 1.82) is 0 Å². The standard InChI is InChI=1S/C19H26ClN3O3/c1-3-13(2)21-18(24)12-22-6-8-23(9-7-22)19(25)17-11-14-10-15(20)4-5-16(14)26-17/h4-5,10,13,17H,3,6-9,11-12H2,1-2H3,(H,21,24). The molecule has 2 aliphatic rings. The Morgan fingerprint density at radius 2 is 2.04 bits per heavy atom. The molecule has 0 bridgehead atoms. The third-order valence-electron chi connectivity index (χ3n) is 5.04. The minimum absolute atomic E-state index is 0.0148. The van der Waals surface area contributed by atoms with Crippen molar-refractivity contribution in [3.05, 3.63) is 28.8 Å². The van der Waals surface area contributed by atoms with Gasteiger partial charge in [0.15, 0.2) is 6.10 Å². The van der Waals surface area contributed by atoms with E-state index in [0.29, 0.717) is 44.2 Å². The van der Waals surface area contributed by atoms with Gasteiger partial charge in [-0.05, 0) is 37.1 Å². The Hall–Kier alpha value is -1.79. The fraction of sp³-hybridized carbons (Fsp3) is 0.579. The van der Waals surface area contributed by atoms with Crippen molar-refractivity contribution in [2.75, 3.05) is 32.7 Å². The third kappa shape index (κ3) is 4.48. The molecule has 1 aromatic carbocycles. The van der Waals surface area contributed by atoms with E-state index < -0.39 is 6.10 Å². The smallest absolute Gasteiger partial charge is 0.264 e. The number of piperazine rings is 1. The van der Waals surface area contributed by atoms with Crippen molar-refractivity contribution < 1.29 is 14.3 Å². The molecule has 2 amide bonds. The van der Waals surface area contributed by atoms with Gasteiger partial charge >= 0.3 is 0 Å². The van der Waals surface area contributed by atoms with Crippen molar-refractivity contribution in [1.82, 2.24) is 15.1 Å². The Balaban J connectivity index is 1.46. The van der Waals surface area contributed by atoms with Crippen molar-refractivity contribution in [2.24, 2.45) is 0 Å². The number of nitrogens with one attached hydrogen (secondary N) is 1. The van der Waals surface area contributed by atoms with Gasteiger partial charge in [0.05, 0.1) is 6.54 Å². The lowest BCUT2D eigenvalue weighted by Gasteiger charge is -2.35. The second-order valence-electron chi connectivity index (χ2n) is 7.04. The summed E-state index contributed by atoms with van der Waals surface area (Å²) in [5.41, 5.74) is 0.983. The molecule has 1 fully saturated rings. The Labute approximate surface area is 159 Å². The molecule has 0 spiro atoms. The largest absolute Gasteiger partial charge is 0.480 e. The van der Waals surface area contributed by atoms with E-state index in [1.54, 1.807) is 6.07 Å². The summed E-state index contributed by atoms with van der Waals surface area (Å²) >= 11 is 6.01. The number of hydrogen-bond donors (Lipinski definition) is 1. The van der Waals surface area contributed by atoms with Gasteiger partial charge in [0.2, 0.25) is 5.91 Å². The first-order valence-corrected chi connectivity index (χ1v) is 9.59. The fourth-order valence-electron chi connectivity index (χ4n) is 3.31. The Bertz CT molecular complexity index is 674. The average molecular weight is 380 g/mol. The number of fused-ring (bicyclic) bond motifs is 1. The Kier molecular flexibility index (Phi) is 6.04. The van der Waals surface area contributed by atoms with Gasteiger partial charge in [-0.2, -0.15) is 0 Å². The first-order chi connectivity index (χ1) is 12.5. The molecule has 7 heteroatoms. The molecule has 2 heterocycles. The summed E-state index contributed by atoms with van der Waals surface area (Å²) in [6.45, 7) is 7.07.